The molecule has 0 unspecified atom stereocenters. The molecule has 0 radical (unpaired) electrons. The lowest BCUT2D eigenvalue weighted by Gasteiger charge is -2.29. The van der Waals surface area contributed by atoms with Gasteiger partial charge in [0.25, 0.3) is 11.8 Å². The predicted octanol–water partition coefficient (Wildman–Crippen LogP) is 3.04. The molecule has 136 valence electrons. The van der Waals surface area contributed by atoms with Crippen LogP contribution in [0, 0.1) is 5.82 Å². The molecule has 1 fully saturated rings. The maximum atomic E-state index is 14.1. The Hall–Kier alpha value is -2.97. The highest BCUT2D eigenvalue weighted by atomic mass is 35.5. The van der Waals surface area contributed by atoms with E-state index in [1.807, 2.05) is 0 Å². The quantitative estimate of drug-likeness (QED) is 0.473. The fourth-order valence-electron chi connectivity index (χ4n) is 2.71. The Bertz CT molecular complexity index is 1040. The summed E-state index contributed by atoms with van der Waals surface area (Å²) in [6, 6.07) is 8.71. The summed E-state index contributed by atoms with van der Waals surface area (Å²) in [4.78, 5) is 26.1. The van der Waals surface area contributed by atoms with Crippen molar-refractivity contribution >= 4 is 52.5 Å². The monoisotopic (exact) mass is 404 g/mol. The zero-order chi connectivity index (χ0) is 19.1. The lowest BCUT2D eigenvalue weighted by Crippen LogP contribution is -2.54. The van der Waals surface area contributed by atoms with Gasteiger partial charge in [-0.25, -0.2) is 9.29 Å². The van der Waals surface area contributed by atoms with Crippen molar-refractivity contribution in [1.29, 1.82) is 0 Å². The number of hydrogen-bond acceptors (Lipinski definition) is 5. The molecule has 0 saturated carbocycles. The van der Waals surface area contributed by atoms with Crippen LogP contribution in [0.25, 0.3) is 6.08 Å². The van der Waals surface area contributed by atoms with E-state index in [1.54, 1.807) is 12.1 Å². The van der Waals surface area contributed by atoms with Gasteiger partial charge in [0.05, 0.1) is 10.7 Å². The Labute approximate surface area is 163 Å². The molecule has 0 spiro atoms. The molecule has 2 aromatic carbocycles. The molecule has 1 saturated heterocycles. The van der Waals surface area contributed by atoms with E-state index in [9.17, 15) is 14.0 Å². The van der Waals surface area contributed by atoms with Gasteiger partial charge in [0.15, 0.2) is 16.6 Å². The molecule has 0 aliphatic carbocycles. The molecule has 6 nitrogen and oxygen atoms in total. The third-order valence-corrected chi connectivity index (χ3v) is 4.60. The second kappa shape index (κ2) is 6.64. The van der Waals surface area contributed by atoms with Gasteiger partial charge in [-0.15, -0.1) is 0 Å². The van der Waals surface area contributed by atoms with E-state index in [0.717, 1.165) is 4.90 Å². The number of nitrogens with zero attached hydrogens (tertiary/aromatic N) is 1. The van der Waals surface area contributed by atoms with Crippen molar-refractivity contribution in [1.82, 2.24) is 5.32 Å². The van der Waals surface area contributed by atoms with Crippen LogP contribution in [0.15, 0.2) is 42.0 Å². The number of ether oxygens (including phenoxy) is 2. The van der Waals surface area contributed by atoms with Crippen molar-refractivity contribution in [2.75, 3.05) is 11.7 Å². The van der Waals surface area contributed by atoms with Gasteiger partial charge in [-0.2, -0.15) is 0 Å². The molecule has 2 aliphatic heterocycles. The molecule has 9 heteroatoms. The molecule has 2 heterocycles. The number of para-hydroxylation sites is 1. The van der Waals surface area contributed by atoms with Crippen LogP contribution in [0.3, 0.4) is 0 Å². The fourth-order valence-corrected chi connectivity index (χ4v) is 3.19. The summed E-state index contributed by atoms with van der Waals surface area (Å²) in [7, 11) is 0. The maximum absolute atomic E-state index is 14.1. The van der Waals surface area contributed by atoms with Crippen LogP contribution in [0.5, 0.6) is 11.5 Å². The van der Waals surface area contributed by atoms with Crippen LogP contribution in [0.2, 0.25) is 5.02 Å². The van der Waals surface area contributed by atoms with Gasteiger partial charge in [0.1, 0.15) is 11.4 Å². The van der Waals surface area contributed by atoms with E-state index < -0.39 is 17.6 Å². The van der Waals surface area contributed by atoms with Crippen LogP contribution in [0.1, 0.15) is 5.56 Å². The first-order chi connectivity index (χ1) is 13.0. The summed E-state index contributed by atoms with van der Waals surface area (Å²) in [6.45, 7) is 0.0560. The van der Waals surface area contributed by atoms with E-state index in [1.165, 1.54) is 30.3 Å². The highest BCUT2D eigenvalue weighted by Crippen LogP contribution is 2.38. The number of rotatable bonds is 2. The minimum atomic E-state index is -0.761. The lowest BCUT2D eigenvalue weighted by molar-refractivity contribution is -0.122. The van der Waals surface area contributed by atoms with Gasteiger partial charge >= 0.3 is 0 Å². The lowest BCUT2D eigenvalue weighted by atomic mass is 10.1. The highest BCUT2D eigenvalue weighted by Gasteiger charge is 2.35. The van der Waals surface area contributed by atoms with Crippen molar-refractivity contribution in [2.45, 2.75) is 0 Å². The normalized spacial score (nSPS) is 17.5. The second-order valence-corrected chi connectivity index (χ2v) is 6.43. The van der Waals surface area contributed by atoms with Crippen molar-refractivity contribution in [3.63, 3.8) is 0 Å². The number of carbonyl (C=O) groups is 2. The number of anilines is 1. The van der Waals surface area contributed by atoms with Crippen LogP contribution >= 0.6 is 23.8 Å². The second-order valence-electron chi connectivity index (χ2n) is 5.64. The number of amides is 2. The van der Waals surface area contributed by atoms with Gasteiger partial charge in [0, 0.05) is 6.07 Å². The third kappa shape index (κ3) is 3.02. The molecule has 2 aliphatic rings. The summed E-state index contributed by atoms with van der Waals surface area (Å²) in [5.41, 5.74) is 0.0727. The number of fused-ring (bicyclic) bond motifs is 1. The van der Waals surface area contributed by atoms with Gasteiger partial charge in [-0.3, -0.25) is 14.9 Å². The highest BCUT2D eigenvalue weighted by molar-refractivity contribution is 7.80. The molecule has 4 rings (SSSR count). The molecule has 2 aromatic rings. The molecule has 2 amide bonds. The summed E-state index contributed by atoms with van der Waals surface area (Å²) >= 11 is 11.3. The average Bonchev–Trinajstić information content (AvgIpc) is 3.07. The Morgan fingerprint density at radius 1 is 1.19 bits per heavy atom. The summed E-state index contributed by atoms with van der Waals surface area (Å²) in [6.07, 6.45) is 1.30. The number of hydrogen-bond donors (Lipinski definition) is 1. The number of benzene rings is 2. The topological polar surface area (TPSA) is 67.9 Å². The number of halogens is 2. The van der Waals surface area contributed by atoms with Crippen LogP contribution < -0.4 is 19.7 Å². The zero-order valence-corrected chi connectivity index (χ0v) is 15.1. The molecular weight excluding hydrogens is 395 g/mol. The number of nitrogens with one attached hydrogen (secondary N) is 1. The van der Waals surface area contributed by atoms with Crippen molar-refractivity contribution in [3.8, 4) is 11.5 Å². The van der Waals surface area contributed by atoms with E-state index in [4.69, 9.17) is 33.3 Å². The Morgan fingerprint density at radius 2 is 1.89 bits per heavy atom. The molecule has 1 N–H and O–H groups in total. The molecular formula is C18H10ClFN2O4S. The first-order valence-electron chi connectivity index (χ1n) is 7.71. The first-order valence-corrected chi connectivity index (χ1v) is 8.49. The molecule has 0 bridgehead atoms. The van der Waals surface area contributed by atoms with Gasteiger partial charge < -0.3 is 9.47 Å². The van der Waals surface area contributed by atoms with E-state index in [0.29, 0.717) is 17.1 Å². The van der Waals surface area contributed by atoms with Crippen LogP contribution in [-0.4, -0.2) is 23.7 Å². The number of thiocarbonyl (C=S) groups is 1. The van der Waals surface area contributed by atoms with Crippen LogP contribution in [0.4, 0.5) is 10.1 Å². The smallest absolute Gasteiger partial charge is 0.270 e. The van der Waals surface area contributed by atoms with E-state index in [-0.39, 0.29) is 28.2 Å². The molecule has 0 atom stereocenters. The Morgan fingerprint density at radius 3 is 2.63 bits per heavy atom. The Kier molecular flexibility index (Phi) is 4.29. The van der Waals surface area contributed by atoms with E-state index >= 15 is 0 Å². The molecule has 0 aromatic heterocycles. The van der Waals surface area contributed by atoms with Gasteiger partial charge in [-0.1, -0.05) is 23.7 Å². The van der Waals surface area contributed by atoms with Crippen molar-refractivity contribution < 1.29 is 23.5 Å². The van der Waals surface area contributed by atoms with Crippen molar-refractivity contribution in [2.24, 2.45) is 0 Å². The molecule has 27 heavy (non-hydrogen) atoms. The maximum Gasteiger partial charge on any atom is 0.270 e. The third-order valence-electron chi connectivity index (χ3n) is 3.99. The summed E-state index contributed by atoms with van der Waals surface area (Å²) in [5, 5.41) is 2.45. The predicted molar refractivity (Wildman–Crippen MR) is 100 cm³/mol. The van der Waals surface area contributed by atoms with Crippen molar-refractivity contribution in [3.05, 3.63) is 58.4 Å². The minimum Gasteiger partial charge on any atom is -0.454 e. The number of carbonyl (C=O) groups excluding carboxylic acids is 2. The van der Waals surface area contributed by atoms with Gasteiger partial charge in [0.2, 0.25) is 6.79 Å². The summed E-state index contributed by atoms with van der Waals surface area (Å²) in [5.74, 6) is -1.20. The minimum absolute atomic E-state index is 0.0560. The fraction of sp³-hybridized carbons (Fsp3) is 0.0556. The van der Waals surface area contributed by atoms with Crippen LogP contribution in [-0.2, 0) is 9.59 Å². The van der Waals surface area contributed by atoms with Gasteiger partial charge in [-0.05, 0) is 42.1 Å². The first kappa shape index (κ1) is 17.4. The largest absolute Gasteiger partial charge is 0.454 e. The van der Waals surface area contributed by atoms with E-state index in [2.05, 4.69) is 5.32 Å². The Balaban J connectivity index is 1.77. The zero-order valence-electron chi connectivity index (χ0n) is 13.5. The average molecular weight is 405 g/mol. The standard InChI is InChI=1S/C18H10ClFN2O4S/c19-11-7-15-14(25-8-26-15)6-9(11)5-10-16(23)21-18(27)22(17(10)24)13-4-2-1-3-12(13)20/h1-7H,8H2,(H,21,23,27)/b10-5-. The summed E-state index contributed by atoms with van der Waals surface area (Å²) < 4.78 is 24.7. The SMILES string of the molecule is O=C1NC(=S)N(c2ccccc2F)C(=O)/C1=C\c1cc2c(cc1Cl)OCO2.